The molecule has 1 aromatic carbocycles. The molecule has 1 aliphatic rings. The van der Waals surface area contributed by atoms with E-state index in [-0.39, 0.29) is 11.5 Å². The SMILES string of the molecule is COc1ccc(C=NNC(=O)C(C)n2cnc3sc4c(c3c2=O)CCCC4)cc1. The molecule has 0 aliphatic heterocycles. The maximum absolute atomic E-state index is 13.1. The highest BCUT2D eigenvalue weighted by atomic mass is 32.1. The van der Waals surface area contributed by atoms with E-state index in [0.717, 1.165) is 47.4 Å². The van der Waals surface area contributed by atoms with E-state index < -0.39 is 6.04 Å². The van der Waals surface area contributed by atoms with Gasteiger partial charge >= 0.3 is 0 Å². The summed E-state index contributed by atoms with van der Waals surface area (Å²) in [6.45, 7) is 1.67. The number of nitrogens with one attached hydrogen (secondary N) is 1. The van der Waals surface area contributed by atoms with Crippen LogP contribution in [0.25, 0.3) is 10.2 Å². The molecular weight excluding hydrogens is 388 g/mol. The second-order valence-corrected chi connectivity index (χ2v) is 8.12. The van der Waals surface area contributed by atoms with Crippen LogP contribution in [0.4, 0.5) is 0 Å². The van der Waals surface area contributed by atoms with E-state index in [9.17, 15) is 9.59 Å². The van der Waals surface area contributed by atoms with Gasteiger partial charge < -0.3 is 4.74 Å². The van der Waals surface area contributed by atoms with Gasteiger partial charge in [0.15, 0.2) is 0 Å². The zero-order chi connectivity index (χ0) is 20.4. The minimum absolute atomic E-state index is 0.156. The van der Waals surface area contributed by atoms with Gasteiger partial charge in [0.25, 0.3) is 11.5 Å². The number of methoxy groups -OCH3 is 1. The summed E-state index contributed by atoms with van der Waals surface area (Å²) in [5.41, 5.74) is 4.29. The number of aromatic nitrogens is 2. The van der Waals surface area contributed by atoms with Gasteiger partial charge in [-0.1, -0.05) is 0 Å². The van der Waals surface area contributed by atoms with Crippen LogP contribution in [0.3, 0.4) is 0 Å². The molecular formula is C21H22N4O3S. The van der Waals surface area contributed by atoms with E-state index in [0.29, 0.717) is 5.39 Å². The first-order valence-electron chi connectivity index (χ1n) is 9.57. The number of rotatable bonds is 5. The summed E-state index contributed by atoms with van der Waals surface area (Å²) >= 11 is 1.60. The van der Waals surface area contributed by atoms with Gasteiger partial charge in [-0.15, -0.1) is 11.3 Å². The first-order valence-corrected chi connectivity index (χ1v) is 10.4. The molecule has 0 radical (unpaired) electrons. The van der Waals surface area contributed by atoms with E-state index in [1.165, 1.54) is 15.8 Å². The highest BCUT2D eigenvalue weighted by Crippen LogP contribution is 2.33. The molecule has 1 amide bonds. The van der Waals surface area contributed by atoms with Gasteiger partial charge in [0.2, 0.25) is 0 Å². The summed E-state index contributed by atoms with van der Waals surface area (Å²) in [5, 5.41) is 4.67. The number of carbonyl (C=O) groups is 1. The van der Waals surface area contributed by atoms with Crippen molar-refractivity contribution in [3.05, 3.63) is 57.0 Å². The van der Waals surface area contributed by atoms with Crippen molar-refractivity contribution in [2.24, 2.45) is 5.10 Å². The molecule has 8 heteroatoms. The molecule has 150 valence electrons. The Balaban J connectivity index is 1.52. The smallest absolute Gasteiger partial charge is 0.263 e. The van der Waals surface area contributed by atoms with Gasteiger partial charge in [0.1, 0.15) is 16.6 Å². The van der Waals surface area contributed by atoms with Crippen LogP contribution in [0, 0.1) is 0 Å². The fourth-order valence-corrected chi connectivity index (χ4v) is 4.73. The van der Waals surface area contributed by atoms with E-state index in [1.807, 2.05) is 24.3 Å². The summed E-state index contributed by atoms with van der Waals surface area (Å²) in [6, 6.07) is 6.58. The van der Waals surface area contributed by atoms with Gasteiger partial charge in [0, 0.05) is 4.88 Å². The lowest BCUT2D eigenvalue weighted by atomic mass is 9.97. The Hall–Kier alpha value is -3.00. The third-order valence-corrected chi connectivity index (χ3v) is 6.40. The van der Waals surface area contributed by atoms with E-state index in [2.05, 4.69) is 15.5 Å². The molecule has 1 unspecified atom stereocenters. The van der Waals surface area contributed by atoms with Crippen LogP contribution < -0.4 is 15.7 Å². The Labute approximate surface area is 172 Å². The summed E-state index contributed by atoms with van der Waals surface area (Å²) in [7, 11) is 1.60. The predicted octanol–water partition coefficient (Wildman–Crippen LogP) is 3.06. The van der Waals surface area contributed by atoms with Crippen LogP contribution in [-0.2, 0) is 17.6 Å². The number of benzene rings is 1. The fourth-order valence-electron chi connectivity index (χ4n) is 3.52. The summed E-state index contributed by atoms with van der Waals surface area (Å²) in [4.78, 5) is 32.1. The van der Waals surface area contributed by atoms with Crippen molar-refractivity contribution < 1.29 is 9.53 Å². The number of ether oxygens (including phenoxy) is 1. The Kier molecular flexibility index (Phi) is 5.44. The maximum atomic E-state index is 13.1. The number of amides is 1. The molecule has 0 fully saturated rings. The first kappa shape index (κ1) is 19.3. The molecule has 0 saturated carbocycles. The lowest BCUT2D eigenvalue weighted by Gasteiger charge is -2.14. The molecule has 0 spiro atoms. The number of hydrogen-bond donors (Lipinski definition) is 1. The van der Waals surface area contributed by atoms with Crippen molar-refractivity contribution >= 4 is 33.7 Å². The fraction of sp³-hybridized carbons (Fsp3) is 0.333. The molecule has 1 atom stereocenters. The topological polar surface area (TPSA) is 85.6 Å². The van der Waals surface area contributed by atoms with E-state index in [1.54, 1.807) is 31.6 Å². The third-order valence-electron chi connectivity index (χ3n) is 5.20. The molecule has 0 bridgehead atoms. The number of nitrogens with zero attached hydrogens (tertiary/aromatic N) is 3. The minimum Gasteiger partial charge on any atom is -0.497 e. The molecule has 29 heavy (non-hydrogen) atoms. The van der Waals surface area contributed by atoms with Gasteiger partial charge in [-0.2, -0.15) is 5.10 Å². The quantitative estimate of drug-likeness (QED) is 0.517. The van der Waals surface area contributed by atoms with Crippen LogP contribution in [0.5, 0.6) is 5.75 Å². The van der Waals surface area contributed by atoms with E-state index in [4.69, 9.17) is 4.74 Å². The van der Waals surface area contributed by atoms with Crippen LogP contribution in [0.1, 0.15) is 41.8 Å². The summed E-state index contributed by atoms with van der Waals surface area (Å²) in [6.07, 6.45) is 7.16. The molecule has 4 rings (SSSR count). The second-order valence-electron chi connectivity index (χ2n) is 7.03. The van der Waals surface area contributed by atoms with Crippen molar-refractivity contribution in [1.82, 2.24) is 15.0 Å². The lowest BCUT2D eigenvalue weighted by molar-refractivity contribution is -0.123. The average Bonchev–Trinajstić information content (AvgIpc) is 3.13. The molecule has 1 N–H and O–H groups in total. The Morgan fingerprint density at radius 2 is 2.07 bits per heavy atom. The summed E-state index contributed by atoms with van der Waals surface area (Å²) in [5.74, 6) is 0.375. The second kappa shape index (κ2) is 8.16. The zero-order valence-electron chi connectivity index (χ0n) is 16.3. The molecule has 1 aliphatic carbocycles. The monoisotopic (exact) mass is 410 g/mol. The first-order chi connectivity index (χ1) is 14.1. The Morgan fingerprint density at radius 1 is 1.31 bits per heavy atom. The van der Waals surface area contributed by atoms with Crippen molar-refractivity contribution in [1.29, 1.82) is 0 Å². The van der Waals surface area contributed by atoms with E-state index >= 15 is 0 Å². The van der Waals surface area contributed by atoms with Crippen LogP contribution in [-0.4, -0.2) is 28.8 Å². The largest absolute Gasteiger partial charge is 0.497 e. The molecule has 7 nitrogen and oxygen atoms in total. The van der Waals surface area contributed by atoms with Crippen LogP contribution >= 0.6 is 11.3 Å². The summed E-state index contributed by atoms with van der Waals surface area (Å²) < 4.78 is 6.50. The zero-order valence-corrected chi connectivity index (χ0v) is 17.2. The molecule has 3 aromatic rings. The number of fused-ring (bicyclic) bond motifs is 3. The molecule has 2 heterocycles. The lowest BCUT2D eigenvalue weighted by Crippen LogP contribution is -2.34. The van der Waals surface area contributed by atoms with Crippen molar-refractivity contribution in [2.75, 3.05) is 7.11 Å². The van der Waals surface area contributed by atoms with Gasteiger partial charge in [-0.3, -0.25) is 14.2 Å². The van der Waals surface area contributed by atoms with Crippen LogP contribution in [0.2, 0.25) is 0 Å². The number of aryl methyl sites for hydroxylation is 2. The number of carbonyl (C=O) groups excluding carboxylic acids is 1. The van der Waals surface area contributed by atoms with Crippen molar-refractivity contribution in [3.8, 4) is 5.75 Å². The standard InChI is InChI=1S/C21H22N4O3S/c1-13(19(26)24-23-11-14-7-9-15(28-2)10-8-14)25-12-22-20-18(21(25)27)16-5-3-4-6-17(16)29-20/h7-13H,3-6H2,1-2H3,(H,24,26). The average molecular weight is 410 g/mol. The predicted molar refractivity (Wildman–Crippen MR) is 114 cm³/mol. The van der Waals surface area contributed by atoms with Gasteiger partial charge in [-0.25, -0.2) is 10.4 Å². The Morgan fingerprint density at radius 3 is 2.83 bits per heavy atom. The van der Waals surface area contributed by atoms with Crippen molar-refractivity contribution in [2.45, 2.75) is 38.6 Å². The highest BCUT2D eigenvalue weighted by molar-refractivity contribution is 7.18. The van der Waals surface area contributed by atoms with Crippen molar-refractivity contribution in [3.63, 3.8) is 0 Å². The maximum Gasteiger partial charge on any atom is 0.263 e. The Bertz CT molecular complexity index is 1130. The van der Waals surface area contributed by atoms with Gasteiger partial charge in [-0.05, 0) is 68.0 Å². The number of hydrazone groups is 1. The van der Waals surface area contributed by atoms with Gasteiger partial charge in [0.05, 0.1) is 25.0 Å². The number of hydrogen-bond acceptors (Lipinski definition) is 6. The highest BCUT2D eigenvalue weighted by Gasteiger charge is 2.23. The normalized spacial score (nSPS) is 14.7. The third kappa shape index (κ3) is 3.80. The molecule has 2 aromatic heterocycles. The number of thiophene rings is 1. The van der Waals surface area contributed by atoms with Crippen LogP contribution in [0.15, 0.2) is 40.5 Å². The molecule has 0 saturated heterocycles. The minimum atomic E-state index is -0.716.